The van der Waals surface area contributed by atoms with Crippen LogP contribution in [0.5, 0.6) is 23.0 Å². The SMILES string of the molecule is CC(O)c1cc2c(o1)C(=O)c1cnccc1C2=O.COc1c2ccncc2c(OC)c2oc(C(C)=O)cc12.COc1c2ccncc2c(OC)c2oc(C(C)O)cc12. The number of hydrogen-bond acceptors (Lipinski definition) is 15. The highest BCUT2D eigenvalue weighted by molar-refractivity contribution is 6.27. The Labute approximate surface area is 329 Å². The predicted molar refractivity (Wildman–Crippen MR) is 210 cm³/mol. The highest BCUT2D eigenvalue weighted by atomic mass is 16.5. The fourth-order valence-electron chi connectivity index (χ4n) is 6.78. The van der Waals surface area contributed by atoms with Crippen molar-refractivity contribution in [3.8, 4) is 23.0 Å². The largest absolute Gasteiger partial charge is 0.495 e. The molecule has 2 atom stereocenters. The van der Waals surface area contributed by atoms with Gasteiger partial charge in [-0.3, -0.25) is 29.3 Å². The van der Waals surface area contributed by atoms with Crippen LogP contribution in [0.2, 0.25) is 0 Å². The van der Waals surface area contributed by atoms with Crippen molar-refractivity contribution in [2.45, 2.75) is 33.0 Å². The summed E-state index contributed by atoms with van der Waals surface area (Å²) >= 11 is 0. The summed E-state index contributed by atoms with van der Waals surface area (Å²) in [4.78, 5) is 47.9. The van der Waals surface area contributed by atoms with Gasteiger partial charge in [-0.1, -0.05) is 0 Å². The first-order chi connectivity index (χ1) is 27.9. The number of aliphatic hydroxyl groups is 2. The zero-order chi connectivity index (χ0) is 41.4. The first-order valence-corrected chi connectivity index (χ1v) is 17.8. The highest BCUT2D eigenvalue weighted by Crippen LogP contribution is 2.45. The second-order valence-corrected chi connectivity index (χ2v) is 13.1. The minimum atomic E-state index is -0.863. The first-order valence-electron chi connectivity index (χ1n) is 17.8. The van der Waals surface area contributed by atoms with Crippen LogP contribution in [0.3, 0.4) is 0 Å². The molecule has 9 rings (SSSR count). The molecule has 0 radical (unpaired) electrons. The van der Waals surface area contributed by atoms with Crippen LogP contribution in [0.1, 0.15) is 87.1 Å². The van der Waals surface area contributed by atoms with Gasteiger partial charge in [-0.2, -0.15) is 0 Å². The zero-order valence-electron chi connectivity index (χ0n) is 32.4. The number of Topliss-reactive ketones (excluding diaryl/α,β-unsaturated/α-hetero) is 1. The molecule has 8 aromatic rings. The number of hydrogen-bond donors (Lipinski definition) is 2. The summed E-state index contributed by atoms with van der Waals surface area (Å²) in [6.45, 7) is 4.61. The normalized spacial score (nSPS) is 12.9. The lowest BCUT2D eigenvalue weighted by Gasteiger charge is -2.11. The standard InChI is InChI=1S/C15H15NO4.C15H13NO4.C13H9NO4/c2*1-8(17)12-6-10-13(18-2)9-4-5-16-7-11(9)14(19-3)15(10)20-12;1-6(15)10-4-8-11(16)7-2-3-14-5-9(7)12(17)13(8)18-10/h4-8,17H,1-3H3;4-7H,1-3H3;2-6,15H,1H3. The third kappa shape index (κ3) is 6.65. The summed E-state index contributed by atoms with van der Waals surface area (Å²) in [5.41, 5.74) is 1.81. The number of methoxy groups -OCH3 is 4. The van der Waals surface area contributed by atoms with Crippen molar-refractivity contribution in [1.29, 1.82) is 0 Å². The molecule has 2 unspecified atom stereocenters. The van der Waals surface area contributed by atoms with Gasteiger partial charge in [-0.25, -0.2) is 0 Å². The van der Waals surface area contributed by atoms with Crippen molar-refractivity contribution < 1.29 is 56.8 Å². The average Bonchev–Trinajstić information content (AvgIpc) is 4.00. The Morgan fingerprint density at radius 3 is 1.60 bits per heavy atom. The van der Waals surface area contributed by atoms with E-state index in [1.807, 2.05) is 12.1 Å². The van der Waals surface area contributed by atoms with Crippen LogP contribution in [0.4, 0.5) is 0 Å². The molecule has 0 saturated carbocycles. The maximum Gasteiger partial charge on any atom is 0.231 e. The van der Waals surface area contributed by atoms with Crippen LogP contribution in [-0.2, 0) is 0 Å². The molecule has 0 spiro atoms. The van der Waals surface area contributed by atoms with Crippen LogP contribution in [0, 0.1) is 0 Å². The second kappa shape index (κ2) is 15.8. The molecule has 0 fully saturated rings. The number of ether oxygens (including phenoxy) is 4. The molecule has 6 heterocycles. The molecule has 6 aromatic heterocycles. The molecular formula is C43H37N3O12. The van der Waals surface area contributed by atoms with Gasteiger partial charge in [0.05, 0.1) is 50.3 Å². The Balaban J connectivity index is 0.000000133. The molecule has 15 nitrogen and oxygen atoms in total. The van der Waals surface area contributed by atoms with E-state index < -0.39 is 12.2 Å². The molecule has 0 bridgehead atoms. The number of rotatable bonds is 7. The molecular weight excluding hydrogens is 750 g/mol. The van der Waals surface area contributed by atoms with Gasteiger partial charge < -0.3 is 42.4 Å². The summed E-state index contributed by atoms with van der Waals surface area (Å²) in [7, 11) is 6.33. The number of aromatic nitrogens is 3. The van der Waals surface area contributed by atoms with E-state index >= 15 is 0 Å². The molecule has 2 N–H and O–H groups in total. The smallest absolute Gasteiger partial charge is 0.231 e. The maximum atomic E-state index is 12.2. The number of carbonyl (C=O) groups is 3. The van der Waals surface area contributed by atoms with E-state index in [2.05, 4.69) is 15.0 Å². The molecule has 0 aliphatic heterocycles. The second-order valence-electron chi connectivity index (χ2n) is 13.1. The summed E-state index contributed by atoms with van der Waals surface area (Å²) in [5, 5.41) is 24.0. The van der Waals surface area contributed by atoms with E-state index in [0.717, 1.165) is 26.9 Å². The van der Waals surface area contributed by atoms with Gasteiger partial charge >= 0.3 is 0 Å². The maximum absolute atomic E-state index is 12.2. The Morgan fingerprint density at radius 2 is 1.07 bits per heavy atom. The van der Waals surface area contributed by atoms with Crippen molar-refractivity contribution in [2.24, 2.45) is 0 Å². The molecule has 58 heavy (non-hydrogen) atoms. The Hall–Kier alpha value is -7.10. The van der Waals surface area contributed by atoms with Gasteiger partial charge in [0.15, 0.2) is 45.8 Å². The molecule has 2 aromatic carbocycles. The summed E-state index contributed by atoms with van der Waals surface area (Å²) in [6, 6.07) is 10.1. The Morgan fingerprint density at radius 1 is 0.569 bits per heavy atom. The molecule has 1 aliphatic rings. The summed E-state index contributed by atoms with van der Waals surface area (Å²) < 4.78 is 38.5. The van der Waals surface area contributed by atoms with E-state index in [1.165, 1.54) is 38.4 Å². The number of ketones is 3. The highest BCUT2D eigenvalue weighted by Gasteiger charge is 2.34. The lowest BCUT2D eigenvalue weighted by molar-refractivity contribution is 0.0953. The van der Waals surface area contributed by atoms with Crippen LogP contribution in [0.15, 0.2) is 86.8 Å². The number of fused-ring (bicyclic) bond motifs is 6. The van der Waals surface area contributed by atoms with E-state index in [-0.39, 0.29) is 45.8 Å². The fourth-order valence-corrected chi connectivity index (χ4v) is 6.78. The van der Waals surface area contributed by atoms with Crippen molar-refractivity contribution in [3.05, 3.63) is 113 Å². The van der Waals surface area contributed by atoms with Gasteiger partial charge in [0, 0.05) is 71.2 Å². The summed E-state index contributed by atoms with van der Waals surface area (Å²) in [5.74, 6) is 2.62. The van der Waals surface area contributed by atoms with Crippen molar-refractivity contribution in [1.82, 2.24) is 15.0 Å². The number of benzene rings is 2. The van der Waals surface area contributed by atoms with Crippen molar-refractivity contribution in [2.75, 3.05) is 28.4 Å². The van der Waals surface area contributed by atoms with Gasteiger partial charge in [0.1, 0.15) is 35.2 Å². The zero-order valence-corrected chi connectivity index (χ0v) is 32.4. The lowest BCUT2D eigenvalue weighted by Crippen LogP contribution is -2.19. The molecule has 296 valence electrons. The van der Waals surface area contributed by atoms with Gasteiger partial charge in [0.2, 0.25) is 5.78 Å². The Bertz CT molecular complexity index is 2710. The van der Waals surface area contributed by atoms with E-state index in [9.17, 15) is 24.6 Å². The van der Waals surface area contributed by atoms with Crippen LogP contribution < -0.4 is 18.9 Å². The molecule has 0 amide bonds. The van der Waals surface area contributed by atoms with Gasteiger partial charge in [-0.15, -0.1) is 0 Å². The topological polar surface area (TPSA) is 207 Å². The quantitative estimate of drug-likeness (QED) is 0.148. The fraction of sp³-hybridized carbons (Fsp3) is 0.209. The molecule has 0 saturated heterocycles. The average molecular weight is 788 g/mol. The number of nitrogens with zero attached hydrogens (tertiary/aromatic N) is 3. The third-order valence-corrected chi connectivity index (χ3v) is 9.50. The molecule has 1 aliphatic carbocycles. The van der Waals surface area contributed by atoms with E-state index in [1.54, 1.807) is 72.3 Å². The van der Waals surface area contributed by atoms with Crippen molar-refractivity contribution in [3.63, 3.8) is 0 Å². The summed E-state index contributed by atoms with van der Waals surface area (Å²) in [6.07, 6.45) is 8.03. The van der Waals surface area contributed by atoms with Crippen LogP contribution in [-0.4, -0.2) is 71.0 Å². The number of aliphatic hydroxyl groups excluding tert-OH is 2. The number of pyridine rings is 3. The number of furan rings is 3. The number of carbonyl (C=O) groups excluding carboxylic acids is 3. The molecule has 15 heteroatoms. The minimum absolute atomic E-state index is 0.0172. The predicted octanol–water partition coefficient (Wildman–Crippen LogP) is 7.76. The van der Waals surface area contributed by atoms with Crippen LogP contribution in [0.25, 0.3) is 43.5 Å². The van der Waals surface area contributed by atoms with Gasteiger partial charge in [-0.05, 0) is 50.2 Å². The first kappa shape index (κ1) is 39.1. The van der Waals surface area contributed by atoms with Gasteiger partial charge in [0.25, 0.3) is 0 Å². The van der Waals surface area contributed by atoms with E-state index in [0.29, 0.717) is 50.9 Å². The van der Waals surface area contributed by atoms with Crippen molar-refractivity contribution >= 4 is 60.8 Å². The van der Waals surface area contributed by atoms with E-state index in [4.69, 9.17) is 32.2 Å². The Kier molecular flexibility index (Phi) is 10.7. The monoisotopic (exact) mass is 787 g/mol. The third-order valence-electron chi connectivity index (χ3n) is 9.50. The lowest BCUT2D eigenvalue weighted by atomic mass is 9.90. The van der Waals surface area contributed by atoms with Crippen LogP contribution >= 0.6 is 0 Å². The minimum Gasteiger partial charge on any atom is -0.495 e.